The van der Waals surface area contributed by atoms with Gasteiger partial charge in [-0.1, -0.05) is 12.1 Å². The maximum absolute atomic E-state index is 10.5. The van der Waals surface area contributed by atoms with Gasteiger partial charge in [-0.05, 0) is 24.6 Å². The van der Waals surface area contributed by atoms with Crippen LogP contribution in [-0.4, -0.2) is 25.2 Å². The van der Waals surface area contributed by atoms with Crippen LogP contribution in [0.1, 0.15) is 12.5 Å². The summed E-state index contributed by atoms with van der Waals surface area (Å²) in [7, 11) is 1.61. The van der Waals surface area contributed by atoms with E-state index in [2.05, 4.69) is 5.32 Å². The van der Waals surface area contributed by atoms with Crippen LogP contribution in [0.25, 0.3) is 0 Å². The largest absolute Gasteiger partial charge is 0.497 e. The first-order valence-corrected chi connectivity index (χ1v) is 5.88. The molecule has 1 fully saturated rings. The molecule has 1 heterocycles. The first-order chi connectivity index (χ1) is 9.03. The third kappa shape index (κ3) is 3.03. The van der Waals surface area contributed by atoms with Gasteiger partial charge < -0.3 is 14.8 Å². The van der Waals surface area contributed by atoms with Crippen molar-refractivity contribution in [3.8, 4) is 5.75 Å². The Morgan fingerprint density at radius 1 is 1.47 bits per heavy atom. The maximum atomic E-state index is 10.5. The van der Waals surface area contributed by atoms with Crippen LogP contribution < -0.4 is 10.1 Å². The second-order valence-electron chi connectivity index (χ2n) is 4.62. The van der Waals surface area contributed by atoms with Gasteiger partial charge in [0.05, 0.1) is 30.8 Å². The van der Waals surface area contributed by atoms with E-state index in [4.69, 9.17) is 9.47 Å². The quantitative estimate of drug-likeness (QED) is 0.663. The highest BCUT2D eigenvalue weighted by atomic mass is 16.6. The average Bonchev–Trinajstić information content (AvgIpc) is 2.38. The van der Waals surface area contributed by atoms with Crippen LogP contribution in [0, 0.1) is 10.1 Å². The van der Waals surface area contributed by atoms with Gasteiger partial charge in [0.15, 0.2) is 0 Å². The Labute approximate surface area is 111 Å². The molecule has 1 aliphatic rings. The highest BCUT2D eigenvalue weighted by Gasteiger charge is 2.32. The zero-order valence-electron chi connectivity index (χ0n) is 10.9. The summed E-state index contributed by atoms with van der Waals surface area (Å²) >= 11 is 0. The molecule has 1 aromatic carbocycles. The molecule has 19 heavy (non-hydrogen) atoms. The maximum Gasteiger partial charge on any atom is 0.255 e. The normalized spacial score (nSPS) is 24.8. The molecule has 6 nitrogen and oxygen atoms in total. The molecule has 1 unspecified atom stereocenters. The van der Waals surface area contributed by atoms with Crippen LogP contribution in [0.15, 0.2) is 36.2 Å². The molecule has 6 heteroatoms. The van der Waals surface area contributed by atoms with Gasteiger partial charge in [-0.25, -0.2) is 0 Å². The Hall–Kier alpha value is -2.08. The molecule has 102 valence electrons. The molecule has 0 radical (unpaired) electrons. The topological polar surface area (TPSA) is 73.6 Å². The SMILES string of the molecule is COc1ccc(C2(C)COC/C(=C/[N+](=O)[O-])N2)cc1. The van der Waals surface area contributed by atoms with E-state index in [9.17, 15) is 10.1 Å². The predicted octanol–water partition coefficient (Wildman–Crippen LogP) is 1.65. The summed E-state index contributed by atoms with van der Waals surface area (Å²) in [5, 5.41) is 13.7. The van der Waals surface area contributed by atoms with Gasteiger partial charge in [0, 0.05) is 0 Å². The number of nitrogens with zero attached hydrogens (tertiary/aromatic N) is 1. The highest BCUT2D eigenvalue weighted by molar-refractivity contribution is 5.33. The smallest absolute Gasteiger partial charge is 0.255 e. The summed E-state index contributed by atoms with van der Waals surface area (Å²) in [5.74, 6) is 0.769. The summed E-state index contributed by atoms with van der Waals surface area (Å²) in [5.41, 5.74) is 0.976. The molecule has 0 aromatic heterocycles. The zero-order valence-corrected chi connectivity index (χ0v) is 10.9. The number of morpholine rings is 1. The lowest BCUT2D eigenvalue weighted by molar-refractivity contribution is -0.404. The van der Waals surface area contributed by atoms with Crippen molar-refractivity contribution in [1.82, 2.24) is 5.32 Å². The zero-order chi connectivity index (χ0) is 13.9. The Morgan fingerprint density at radius 3 is 2.74 bits per heavy atom. The van der Waals surface area contributed by atoms with Gasteiger partial charge in [-0.2, -0.15) is 0 Å². The van der Waals surface area contributed by atoms with Crippen LogP contribution in [-0.2, 0) is 10.3 Å². The predicted molar refractivity (Wildman–Crippen MR) is 69.4 cm³/mol. The fraction of sp³-hybridized carbons (Fsp3) is 0.385. The van der Waals surface area contributed by atoms with E-state index in [1.807, 2.05) is 31.2 Å². The van der Waals surface area contributed by atoms with E-state index in [1.54, 1.807) is 7.11 Å². The summed E-state index contributed by atoms with van der Waals surface area (Å²) < 4.78 is 10.6. The van der Waals surface area contributed by atoms with Gasteiger partial charge in [0.1, 0.15) is 11.4 Å². The molecular formula is C13H16N2O4. The van der Waals surface area contributed by atoms with E-state index in [0.29, 0.717) is 12.3 Å². The summed E-state index contributed by atoms with van der Waals surface area (Å²) in [6.07, 6.45) is 0.945. The summed E-state index contributed by atoms with van der Waals surface area (Å²) in [6.45, 7) is 2.63. The Kier molecular flexibility index (Phi) is 3.71. The van der Waals surface area contributed by atoms with E-state index in [1.165, 1.54) is 0 Å². The number of methoxy groups -OCH3 is 1. The molecule has 1 atom stereocenters. The average molecular weight is 264 g/mol. The van der Waals surface area contributed by atoms with E-state index < -0.39 is 10.5 Å². The standard InChI is InChI=1S/C13H16N2O4/c1-13(10-3-5-12(18-2)6-4-10)9-19-8-11(14-13)7-15(16)17/h3-7,14H,8-9H2,1-2H3/b11-7-. The van der Waals surface area contributed by atoms with Crippen molar-refractivity contribution in [3.63, 3.8) is 0 Å². The molecule has 1 aromatic rings. The fourth-order valence-electron chi connectivity index (χ4n) is 2.10. The molecule has 2 rings (SSSR count). The number of benzene rings is 1. The van der Waals surface area contributed by atoms with Crippen molar-refractivity contribution < 1.29 is 14.4 Å². The molecular weight excluding hydrogens is 248 g/mol. The first kappa shape index (κ1) is 13.4. The molecule has 1 aliphatic heterocycles. The summed E-state index contributed by atoms with van der Waals surface area (Å²) in [4.78, 5) is 10.0. The molecule has 0 amide bonds. The third-order valence-corrected chi connectivity index (χ3v) is 3.07. The van der Waals surface area contributed by atoms with Crippen molar-refractivity contribution in [3.05, 3.63) is 51.8 Å². The minimum Gasteiger partial charge on any atom is -0.497 e. The van der Waals surface area contributed by atoms with Gasteiger partial charge in [0.2, 0.25) is 0 Å². The van der Waals surface area contributed by atoms with Crippen LogP contribution in [0.5, 0.6) is 5.75 Å². The first-order valence-electron chi connectivity index (χ1n) is 5.88. The second-order valence-corrected chi connectivity index (χ2v) is 4.62. The van der Waals surface area contributed by atoms with Crippen LogP contribution in [0.3, 0.4) is 0 Å². The molecule has 0 aliphatic carbocycles. The van der Waals surface area contributed by atoms with Crippen molar-refractivity contribution in [1.29, 1.82) is 0 Å². The third-order valence-electron chi connectivity index (χ3n) is 3.07. The van der Waals surface area contributed by atoms with Gasteiger partial charge in [-0.15, -0.1) is 0 Å². The Bertz CT molecular complexity index is 498. The Morgan fingerprint density at radius 2 is 2.16 bits per heavy atom. The number of rotatable bonds is 3. The van der Waals surface area contributed by atoms with Crippen molar-refractivity contribution in [2.75, 3.05) is 20.3 Å². The molecule has 1 N–H and O–H groups in total. The minimum absolute atomic E-state index is 0.229. The minimum atomic E-state index is -0.481. The molecule has 0 saturated carbocycles. The van der Waals surface area contributed by atoms with Crippen molar-refractivity contribution in [2.24, 2.45) is 0 Å². The monoisotopic (exact) mass is 264 g/mol. The lowest BCUT2D eigenvalue weighted by atomic mass is 9.91. The number of hydrogen-bond acceptors (Lipinski definition) is 5. The number of ether oxygens (including phenoxy) is 2. The van der Waals surface area contributed by atoms with E-state index >= 15 is 0 Å². The molecule has 1 saturated heterocycles. The van der Waals surface area contributed by atoms with Crippen molar-refractivity contribution >= 4 is 0 Å². The van der Waals surface area contributed by atoms with E-state index in [-0.39, 0.29) is 6.61 Å². The second kappa shape index (κ2) is 5.27. The number of hydrogen-bond donors (Lipinski definition) is 1. The van der Waals surface area contributed by atoms with Crippen LogP contribution >= 0.6 is 0 Å². The summed E-state index contributed by atoms with van der Waals surface area (Å²) in [6, 6.07) is 7.55. The number of nitrogens with one attached hydrogen (secondary N) is 1. The lowest BCUT2D eigenvalue weighted by Crippen LogP contribution is -2.48. The van der Waals surface area contributed by atoms with Gasteiger partial charge in [-0.3, -0.25) is 10.1 Å². The van der Waals surface area contributed by atoms with Crippen LogP contribution in [0.2, 0.25) is 0 Å². The van der Waals surface area contributed by atoms with Gasteiger partial charge in [0.25, 0.3) is 6.20 Å². The van der Waals surface area contributed by atoms with E-state index in [0.717, 1.165) is 17.5 Å². The molecule has 0 bridgehead atoms. The fourth-order valence-corrected chi connectivity index (χ4v) is 2.10. The number of nitro groups is 1. The highest BCUT2D eigenvalue weighted by Crippen LogP contribution is 2.27. The van der Waals surface area contributed by atoms with Gasteiger partial charge >= 0.3 is 0 Å². The van der Waals surface area contributed by atoms with Crippen LogP contribution in [0.4, 0.5) is 0 Å². The lowest BCUT2D eigenvalue weighted by Gasteiger charge is -2.36. The Balaban J connectivity index is 2.23. The van der Waals surface area contributed by atoms with Crippen molar-refractivity contribution in [2.45, 2.75) is 12.5 Å². The molecule has 0 spiro atoms.